The summed E-state index contributed by atoms with van der Waals surface area (Å²) in [5, 5.41) is 9.02. The number of hydrogen-bond donors (Lipinski definition) is 2. The van der Waals surface area contributed by atoms with Crippen LogP contribution >= 0.6 is 0 Å². The summed E-state index contributed by atoms with van der Waals surface area (Å²) in [5.74, 6) is -1.20. The van der Waals surface area contributed by atoms with Crippen LogP contribution in [-0.2, 0) is 0 Å². The number of aromatic nitrogens is 1. The minimum Gasteiger partial charge on any atom is -0.477 e. The number of nitrogen functional groups attached to an aromatic ring is 1. The molecule has 16 heavy (non-hydrogen) atoms. The molecular weight excluding hydrogens is 208 g/mol. The van der Waals surface area contributed by atoms with E-state index < -0.39 is 11.5 Å². The van der Waals surface area contributed by atoms with Crippen LogP contribution in [0.25, 0.3) is 0 Å². The quantitative estimate of drug-likeness (QED) is 0.784. The van der Waals surface area contributed by atoms with Gasteiger partial charge in [-0.1, -0.05) is 0 Å². The number of anilines is 1. The summed E-state index contributed by atoms with van der Waals surface area (Å²) in [6.45, 7) is 3.33. The summed E-state index contributed by atoms with van der Waals surface area (Å²) in [6.07, 6.45) is 1.84. The zero-order valence-corrected chi connectivity index (χ0v) is 9.28. The van der Waals surface area contributed by atoms with Crippen molar-refractivity contribution in [2.75, 3.05) is 5.73 Å². The van der Waals surface area contributed by atoms with Crippen molar-refractivity contribution in [3.63, 3.8) is 0 Å². The first-order valence-electron chi connectivity index (χ1n) is 5.19. The Morgan fingerprint density at radius 2 is 2.00 bits per heavy atom. The largest absolute Gasteiger partial charge is 0.477 e. The van der Waals surface area contributed by atoms with Crippen LogP contribution in [0.3, 0.4) is 0 Å². The van der Waals surface area contributed by atoms with E-state index in [2.05, 4.69) is 0 Å². The molecule has 1 aromatic heterocycles. The van der Waals surface area contributed by atoms with Crippen molar-refractivity contribution in [1.82, 2.24) is 4.57 Å². The van der Waals surface area contributed by atoms with E-state index in [-0.39, 0.29) is 11.6 Å². The number of hydrogen-bond acceptors (Lipinski definition) is 3. The van der Waals surface area contributed by atoms with Crippen LogP contribution in [0.2, 0.25) is 0 Å². The van der Waals surface area contributed by atoms with Gasteiger partial charge in [-0.25, -0.2) is 4.79 Å². The Bertz CT molecular complexity index is 527. The lowest BCUT2D eigenvalue weighted by atomic mass is 10.1. The van der Waals surface area contributed by atoms with Crippen molar-refractivity contribution in [2.45, 2.75) is 32.7 Å². The molecule has 0 aromatic carbocycles. The zero-order valence-electron chi connectivity index (χ0n) is 9.28. The van der Waals surface area contributed by atoms with Gasteiger partial charge in [0.1, 0.15) is 5.56 Å². The average Bonchev–Trinajstić information content (AvgIpc) is 2.98. The van der Waals surface area contributed by atoms with Crippen LogP contribution in [0.4, 0.5) is 5.69 Å². The molecule has 5 heteroatoms. The molecule has 0 aliphatic heterocycles. The fourth-order valence-electron chi connectivity index (χ4n) is 1.99. The minimum absolute atomic E-state index is 0.133. The number of nitrogens with two attached hydrogens (primary N) is 1. The van der Waals surface area contributed by atoms with E-state index in [1.54, 1.807) is 13.8 Å². The van der Waals surface area contributed by atoms with E-state index in [1.807, 2.05) is 0 Å². The lowest BCUT2D eigenvalue weighted by Crippen LogP contribution is -2.30. The molecule has 0 radical (unpaired) electrons. The smallest absolute Gasteiger partial charge is 0.341 e. The number of carboxylic acids is 1. The molecule has 3 N–H and O–H groups in total. The van der Waals surface area contributed by atoms with Crippen molar-refractivity contribution in [1.29, 1.82) is 0 Å². The first-order valence-corrected chi connectivity index (χ1v) is 5.19. The topological polar surface area (TPSA) is 85.3 Å². The van der Waals surface area contributed by atoms with Gasteiger partial charge in [0, 0.05) is 11.7 Å². The highest BCUT2D eigenvalue weighted by Crippen LogP contribution is 2.36. The van der Waals surface area contributed by atoms with Gasteiger partial charge in [-0.05, 0) is 32.3 Å². The Kier molecular flexibility index (Phi) is 2.26. The second-order valence-corrected chi connectivity index (χ2v) is 4.21. The molecule has 86 valence electrons. The normalized spacial score (nSPS) is 15.1. The average molecular weight is 222 g/mol. The third-order valence-corrected chi connectivity index (χ3v) is 3.09. The maximum absolute atomic E-state index is 12.0. The summed E-state index contributed by atoms with van der Waals surface area (Å²) in [6, 6.07) is 0.133. The van der Waals surface area contributed by atoms with E-state index >= 15 is 0 Å². The molecule has 0 spiro atoms. The monoisotopic (exact) mass is 222 g/mol. The molecule has 1 aromatic rings. The second-order valence-electron chi connectivity index (χ2n) is 4.21. The van der Waals surface area contributed by atoms with Crippen LogP contribution in [0.15, 0.2) is 4.79 Å². The Labute approximate surface area is 92.5 Å². The van der Waals surface area contributed by atoms with Gasteiger partial charge in [0.15, 0.2) is 0 Å². The molecular formula is C11H14N2O3. The molecule has 2 rings (SSSR count). The van der Waals surface area contributed by atoms with Gasteiger partial charge in [-0.15, -0.1) is 0 Å². The third kappa shape index (κ3) is 1.39. The van der Waals surface area contributed by atoms with Gasteiger partial charge < -0.3 is 15.4 Å². The van der Waals surface area contributed by atoms with Gasteiger partial charge >= 0.3 is 5.97 Å². The number of aromatic carboxylic acids is 1. The van der Waals surface area contributed by atoms with E-state index in [4.69, 9.17) is 10.8 Å². The number of pyridine rings is 1. The van der Waals surface area contributed by atoms with E-state index in [9.17, 15) is 9.59 Å². The van der Waals surface area contributed by atoms with Crippen molar-refractivity contribution in [3.8, 4) is 0 Å². The molecule has 0 saturated heterocycles. The summed E-state index contributed by atoms with van der Waals surface area (Å²) in [5.41, 5.74) is 6.65. The van der Waals surface area contributed by atoms with E-state index in [0.29, 0.717) is 16.9 Å². The summed E-state index contributed by atoms with van der Waals surface area (Å²) < 4.78 is 1.52. The van der Waals surface area contributed by atoms with E-state index in [1.165, 1.54) is 4.57 Å². The SMILES string of the molecule is Cc1c(N)c(C)n(C2CC2)c(=O)c1C(=O)O. The maximum atomic E-state index is 12.0. The summed E-state index contributed by atoms with van der Waals surface area (Å²) in [7, 11) is 0. The Morgan fingerprint density at radius 1 is 1.44 bits per heavy atom. The highest BCUT2D eigenvalue weighted by molar-refractivity contribution is 5.90. The molecule has 1 saturated carbocycles. The minimum atomic E-state index is -1.20. The number of nitrogens with zero attached hydrogens (tertiary/aromatic N) is 1. The third-order valence-electron chi connectivity index (χ3n) is 3.09. The van der Waals surface area contributed by atoms with Crippen LogP contribution in [-0.4, -0.2) is 15.6 Å². The Morgan fingerprint density at radius 3 is 2.44 bits per heavy atom. The van der Waals surface area contributed by atoms with Crippen molar-refractivity contribution in [2.24, 2.45) is 0 Å². The number of carbonyl (C=O) groups is 1. The molecule has 5 nitrogen and oxygen atoms in total. The van der Waals surface area contributed by atoms with Gasteiger partial charge in [0.05, 0.1) is 5.69 Å². The molecule has 0 amide bonds. The van der Waals surface area contributed by atoms with Crippen molar-refractivity contribution >= 4 is 11.7 Å². The molecule has 0 unspecified atom stereocenters. The Balaban J connectivity index is 2.81. The number of rotatable bonds is 2. The van der Waals surface area contributed by atoms with Crippen LogP contribution in [0.5, 0.6) is 0 Å². The standard InChI is InChI=1S/C11H14N2O3/c1-5-8(11(15)16)10(14)13(7-3-4-7)6(2)9(5)12/h7H,3-4,12H2,1-2H3,(H,15,16). The molecule has 1 heterocycles. The zero-order chi connectivity index (χ0) is 12.0. The van der Waals surface area contributed by atoms with Crippen molar-refractivity contribution in [3.05, 3.63) is 27.2 Å². The first-order chi connectivity index (χ1) is 7.45. The molecule has 0 atom stereocenters. The van der Waals surface area contributed by atoms with Gasteiger partial charge in [-0.3, -0.25) is 4.79 Å². The predicted octanol–water partition coefficient (Wildman–Crippen LogP) is 1.08. The molecule has 0 bridgehead atoms. The maximum Gasteiger partial charge on any atom is 0.341 e. The second kappa shape index (κ2) is 3.37. The highest BCUT2D eigenvalue weighted by atomic mass is 16.4. The molecule has 1 fully saturated rings. The predicted molar refractivity (Wildman–Crippen MR) is 59.8 cm³/mol. The highest BCUT2D eigenvalue weighted by Gasteiger charge is 2.30. The number of carboxylic acid groups (broad SMARTS) is 1. The fraction of sp³-hybridized carbons (Fsp3) is 0.455. The summed E-state index contributed by atoms with van der Waals surface area (Å²) >= 11 is 0. The van der Waals surface area contributed by atoms with Crippen LogP contribution < -0.4 is 11.3 Å². The van der Waals surface area contributed by atoms with Crippen molar-refractivity contribution < 1.29 is 9.90 Å². The lowest BCUT2D eigenvalue weighted by molar-refractivity contribution is 0.0693. The molecule has 1 aliphatic rings. The summed E-state index contributed by atoms with van der Waals surface area (Å²) in [4.78, 5) is 23.0. The van der Waals surface area contributed by atoms with E-state index in [0.717, 1.165) is 12.8 Å². The molecule has 1 aliphatic carbocycles. The first kappa shape index (κ1) is 10.7. The van der Waals surface area contributed by atoms with Gasteiger partial charge in [0.25, 0.3) is 5.56 Å². The van der Waals surface area contributed by atoms with Crippen LogP contribution in [0.1, 0.15) is 40.5 Å². The van der Waals surface area contributed by atoms with Gasteiger partial charge in [-0.2, -0.15) is 0 Å². The Hall–Kier alpha value is -1.78. The van der Waals surface area contributed by atoms with Gasteiger partial charge in [0.2, 0.25) is 0 Å². The fourth-order valence-corrected chi connectivity index (χ4v) is 1.99. The van der Waals surface area contributed by atoms with Crippen LogP contribution in [0, 0.1) is 13.8 Å². The lowest BCUT2D eigenvalue weighted by Gasteiger charge is -2.15.